The Bertz CT molecular complexity index is 1020. The smallest absolute Gasteiger partial charge is 0.416 e. The summed E-state index contributed by atoms with van der Waals surface area (Å²) in [5, 5.41) is 0.150. The summed E-state index contributed by atoms with van der Waals surface area (Å²) in [6, 6.07) is 9.70. The molecule has 0 saturated carbocycles. The van der Waals surface area contributed by atoms with Crippen LogP contribution in [0.15, 0.2) is 53.6 Å². The molecule has 1 aromatic rings. The van der Waals surface area contributed by atoms with E-state index in [9.17, 15) is 9.59 Å². The zero-order valence-corrected chi connectivity index (χ0v) is 27.3. The minimum absolute atomic E-state index is 0.0596. The van der Waals surface area contributed by atoms with E-state index in [0.717, 1.165) is 18.4 Å². The molecular formula is C33H53NO4Si. The normalized spacial score (nSPS) is 20.4. The van der Waals surface area contributed by atoms with Gasteiger partial charge < -0.3 is 9.16 Å². The SMILES string of the molecule is C/C=C(\C)[C@H](O[Si](C)(C)C(C)(C)C)[C@H](C)/C=C(\C)C[C@@H](C)C[C@H](C)C(=O)N1C(=O)OC[C@H]1Cc1ccccc1. The van der Waals surface area contributed by atoms with Crippen LogP contribution in [0.25, 0.3) is 0 Å². The van der Waals surface area contributed by atoms with Crippen molar-refractivity contribution in [3.8, 4) is 0 Å². The number of rotatable bonds is 12. The molecule has 1 fully saturated rings. The lowest BCUT2D eigenvalue weighted by molar-refractivity contribution is -0.133. The molecule has 1 heterocycles. The third-order valence-corrected chi connectivity index (χ3v) is 13.0. The molecule has 2 amide bonds. The maximum absolute atomic E-state index is 13.4. The minimum atomic E-state index is -1.93. The standard InChI is InChI=1S/C33H53NO4Si/c1-12-25(4)30(38-39(10,11)33(7,8)9)26(5)19-23(2)18-24(3)20-27(6)31(35)34-29(22-37-32(34)36)21-28-16-14-13-15-17-28/h12-17,19,24,26-27,29-30H,18,20-22H2,1-11H3/b23-19+,25-12+/t24-,26-,27+,29-,30+/m1/s1. The van der Waals surface area contributed by atoms with Gasteiger partial charge in [0.05, 0.1) is 12.1 Å². The lowest BCUT2D eigenvalue weighted by Gasteiger charge is -2.41. The Labute approximate surface area is 239 Å². The summed E-state index contributed by atoms with van der Waals surface area (Å²) < 4.78 is 12.2. The van der Waals surface area contributed by atoms with Crippen LogP contribution in [0, 0.1) is 17.8 Å². The van der Waals surface area contributed by atoms with Gasteiger partial charge in [0.25, 0.3) is 0 Å². The molecule has 39 heavy (non-hydrogen) atoms. The van der Waals surface area contributed by atoms with E-state index >= 15 is 0 Å². The maximum atomic E-state index is 13.4. The molecule has 0 N–H and O–H groups in total. The molecule has 6 heteroatoms. The van der Waals surface area contributed by atoms with E-state index in [2.05, 4.69) is 80.6 Å². The van der Waals surface area contributed by atoms with Crippen molar-refractivity contribution < 1.29 is 18.8 Å². The van der Waals surface area contributed by atoms with Gasteiger partial charge in [0.1, 0.15) is 6.61 Å². The molecule has 0 spiro atoms. The highest BCUT2D eigenvalue weighted by Gasteiger charge is 2.41. The Morgan fingerprint density at radius 1 is 1.15 bits per heavy atom. The Morgan fingerprint density at radius 2 is 1.77 bits per heavy atom. The molecule has 0 unspecified atom stereocenters. The van der Waals surface area contributed by atoms with Crippen molar-refractivity contribution in [2.45, 2.75) is 112 Å². The zero-order valence-electron chi connectivity index (χ0n) is 26.3. The van der Waals surface area contributed by atoms with Crippen LogP contribution in [0.3, 0.4) is 0 Å². The van der Waals surface area contributed by atoms with Crippen LogP contribution in [-0.2, 0) is 20.4 Å². The first-order valence-electron chi connectivity index (χ1n) is 14.6. The van der Waals surface area contributed by atoms with Crippen molar-refractivity contribution in [1.29, 1.82) is 0 Å². The minimum Gasteiger partial charge on any atom is -0.447 e. The molecule has 218 valence electrons. The van der Waals surface area contributed by atoms with Gasteiger partial charge in [-0.05, 0) is 75.2 Å². The molecule has 1 aliphatic heterocycles. The summed E-state index contributed by atoms with van der Waals surface area (Å²) in [5.74, 6) is 0.168. The highest BCUT2D eigenvalue weighted by molar-refractivity contribution is 6.74. The predicted molar refractivity (Wildman–Crippen MR) is 164 cm³/mol. The first-order chi connectivity index (χ1) is 18.1. The number of ether oxygens (including phenoxy) is 1. The number of amides is 2. The summed E-state index contributed by atoms with van der Waals surface area (Å²) in [7, 11) is -1.93. The summed E-state index contributed by atoms with van der Waals surface area (Å²) >= 11 is 0. The van der Waals surface area contributed by atoms with Crippen LogP contribution < -0.4 is 0 Å². The van der Waals surface area contributed by atoms with Crippen molar-refractivity contribution in [3.63, 3.8) is 0 Å². The van der Waals surface area contributed by atoms with Crippen LogP contribution in [0.2, 0.25) is 18.1 Å². The highest BCUT2D eigenvalue weighted by atomic mass is 28.4. The molecule has 0 aliphatic carbocycles. The van der Waals surface area contributed by atoms with Crippen molar-refractivity contribution in [2.75, 3.05) is 6.61 Å². The third-order valence-electron chi connectivity index (χ3n) is 8.52. The van der Waals surface area contributed by atoms with Gasteiger partial charge >= 0.3 is 6.09 Å². The number of imide groups is 1. The molecule has 2 rings (SSSR count). The van der Waals surface area contributed by atoms with Crippen molar-refractivity contribution in [1.82, 2.24) is 4.90 Å². The van der Waals surface area contributed by atoms with Gasteiger partial charge in [-0.1, -0.05) is 89.6 Å². The van der Waals surface area contributed by atoms with Crippen LogP contribution >= 0.6 is 0 Å². The fraction of sp³-hybridized carbons (Fsp3) is 0.636. The summed E-state index contributed by atoms with van der Waals surface area (Å²) in [6.07, 6.45) is 6.30. The number of hydrogen-bond donors (Lipinski definition) is 0. The van der Waals surface area contributed by atoms with Gasteiger partial charge in [-0.15, -0.1) is 0 Å². The molecule has 5 atom stereocenters. The van der Waals surface area contributed by atoms with Crippen LogP contribution in [0.1, 0.15) is 80.7 Å². The largest absolute Gasteiger partial charge is 0.447 e. The quantitative estimate of drug-likeness (QED) is 0.191. The summed E-state index contributed by atoms with van der Waals surface area (Å²) in [4.78, 5) is 27.2. The Morgan fingerprint density at radius 3 is 2.33 bits per heavy atom. The van der Waals surface area contributed by atoms with E-state index in [1.165, 1.54) is 16.0 Å². The number of carbonyl (C=O) groups excluding carboxylic acids is 2. The molecule has 0 aromatic heterocycles. The van der Waals surface area contributed by atoms with Gasteiger partial charge in [-0.3, -0.25) is 4.79 Å². The lowest BCUT2D eigenvalue weighted by Crippen LogP contribution is -2.45. The average Bonchev–Trinajstić information content (AvgIpc) is 3.20. The van der Waals surface area contributed by atoms with Gasteiger partial charge in [-0.2, -0.15) is 0 Å². The molecular weight excluding hydrogens is 502 g/mol. The van der Waals surface area contributed by atoms with Gasteiger partial charge in [0.15, 0.2) is 8.32 Å². The summed E-state index contributed by atoms with van der Waals surface area (Å²) in [6.45, 7) is 24.5. The monoisotopic (exact) mass is 555 g/mol. The van der Waals surface area contributed by atoms with E-state index < -0.39 is 14.4 Å². The zero-order chi connectivity index (χ0) is 29.5. The fourth-order valence-corrected chi connectivity index (χ4v) is 6.61. The number of carbonyl (C=O) groups is 2. The van der Waals surface area contributed by atoms with E-state index in [4.69, 9.17) is 9.16 Å². The predicted octanol–water partition coefficient (Wildman–Crippen LogP) is 8.57. The summed E-state index contributed by atoms with van der Waals surface area (Å²) in [5.41, 5.74) is 3.68. The number of allylic oxidation sites excluding steroid dienone is 2. The van der Waals surface area contributed by atoms with Crippen molar-refractivity contribution >= 4 is 20.3 Å². The Kier molecular flexibility index (Phi) is 11.8. The van der Waals surface area contributed by atoms with Gasteiger partial charge in [0.2, 0.25) is 5.91 Å². The van der Waals surface area contributed by atoms with Gasteiger partial charge in [-0.25, -0.2) is 9.69 Å². The van der Waals surface area contributed by atoms with Gasteiger partial charge in [0, 0.05) is 11.8 Å². The second kappa shape index (κ2) is 13.9. The molecule has 0 radical (unpaired) electrons. The third kappa shape index (κ3) is 9.17. The number of benzene rings is 1. The second-order valence-corrected chi connectivity index (χ2v) is 18.0. The average molecular weight is 556 g/mol. The van der Waals surface area contributed by atoms with E-state index in [0.29, 0.717) is 12.3 Å². The second-order valence-electron chi connectivity index (χ2n) is 13.3. The lowest BCUT2D eigenvalue weighted by atomic mass is 9.89. The van der Waals surface area contributed by atoms with E-state index in [1.807, 2.05) is 37.3 Å². The molecule has 0 bridgehead atoms. The van der Waals surface area contributed by atoms with Crippen molar-refractivity contribution in [2.24, 2.45) is 17.8 Å². The molecule has 1 aromatic carbocycles. The van der Waals surface area contributed by atoms with Crippen LogP contribution in [0.4, 0.5) is 4.79 Å². The topological polar surface area (TPSA) is 55.8 Å². The van der Waals surface area contributed by atoms with E-state index in [-0.39, 0.29) is 41.5 Å². The number of hydrogen-bond acceptors (Lipinski definition) is 4. The Hall–Kier alpha value is -2.18. The molecule has 1 aliphatic rings. The maximum Gasteiger partial charge on any atom is 0.416 e. The highest BCUT2D eigenvalue weighted by Crippen LogP contribution is 2.39. The number of nitrogens with zero attached hydrogens (tertiary/aromatic N) is 1. The molecule has 5 nitrogen and oxygen atoms in total. The fourth-order valence-electron chi connectivity index (χ4n) is 5.22. The first kappa shape index (κ1) is 33.0. The first-order valence-corrected chi connectivity index (χ1v) is 17.5. The number of cyclic esters (lactones) is 1. The van der Waals surface area contributed by atoms with Crippen molar-refractivity contribution in [3.05, 3.63) is 59.2 Å². The molecule has 1 saturated heterocycles. The Balaban J connectivity index is 2.03. The van der Waals surface area contributed by atoms with E-state index in [1.54, 1.807) is 0 Å². The van der Waals surface area contributed by atoms with Crippen LogP contribution in [-0.4, -0.2) is 44.0 Å². The van der Waals surface area contributed by atoms with Crippen LogP contribution in [0.5, 0.6) is 0 Å².